The van der Waals surface area contributed by atoms with Crippen LogP contribution in [0.3, 0.4) is 0 Å². The molecule has 2 N–H and O–H groups in total. The number of hydrogen-bond donors (Lipinski definition) is 1. The molecule has 0 saturated heterocycles. The fourth-order valence-corrected chi connectivity index (χ4v) is 3.22. The summed E-state index contributed by atoms with van der Waals surface area (Å²) in [6, 6.07) is 6.31. The lowest BCUT2D eigenvalue weighted by molar-refractivity contribution is 1.64. The SMILES string of the molecule is Cc1ccc(-c2sc(C)cc2N)s1. The van der Waals surface area contributed by atoms with Gasteiger partial charge in [0.15, 0.2) is 0 Å². The van der Waals surface area contributed by atoms with Crippen LogP contribution in [-0.2, 0) is 0 Å². The van der Waals surface area contributed by atoms with Gasteiger partial charge in [-0.1, -0.05) is 0 Å². The van der Waals surface area contributed by atoms with Crippen LogP contribution in [0.1, 0.15) is 9.75 Å². The van der Waals surface area contributed by atoms with Crippen LogP contribution in [-0.4, -0.2) is 0 Å². The van der Waals surface area contributed by atoms with Crippen molar-refractivity contribution < 1.29 is 0 Å². The molecule has 2 aromatic rings. The molecule has 2 heterocycles. The molecule has 0 saturated carbocycles. The molecule has 13 heavy (non-hydrogen) atoms. The zero-order valence-electron chi connectivity index (χ0n) is 7.63. The molecule has 0 atom stereocenters. The van der Waals surface area contributed by atoms with Crippen molar-refractivity contribution in [3.05, 3.63) is 28.0 Å². The predicted octanol–water partition coefficient (Wildman–Crippen LogP) is 3.68. The number of hydrogen-bond acceptors (Lipinski definition) is 3. The summed E-state index contributed by atoms with van der Waals surface area (Å²) >= 11 is 3.56. The van der Waals surface area contributed by atoms with Gasteiger partial charge in [-0.2, -0.15) is 0 Å². The van der Waals surface area contributed by atoms with Crippen LogP contribution in [0.25, 0.3) is 9.75 Å². The van der Waals surface area contributed by atoms with Gasteiger partial charge in [-0.05, 0) is 32.0 Å². The zero-order chi connectivity index (χ0) is 9.42. The topological polar surface area (TPSA) is 26.0 Å². The average molecular weight is 209 g/mol. The summed E-state index contributed by atoms with van der Waals surface area (Å²) in [5, 5.41) is 0. The number of thiophene rings is 2. The zero-order valence-corrected chi connectivity index (χ0v) is 9.26. The minimum absolute atomic E-state index is 0.907. The highest BCUT2D eigenvalue weighted by Gasteiger charge is 2.07. The molecule has 68 valence electrons. The number of aryl methyl sites for hydroxylation is 2. The average Bonchev–Trinajstić information content (AvgIpc) is 2.58. The lowest BCUT2D eigenvalue weighted by Gasteiger charge is -1.92. The van der Waals surface area contributed by atoms with Crippen molar-refractivity contribution in [2.24, 2.45) is 0 Å². The molecule has 0 bridgehead atoms. The quantitative estimate of drug-likeness (QED) is 0.762. The molecule has 0 aliphatic rings. The second kappa shape index (κ2) is 3.16. The van der Waals surface area contributed by atoms with E-state index in [1.165, 1.54) is 19.5 Å². The fourth-order valence-electron chi connectivity index (χ4n) is 1.28. The van der Waals surface area contributed by atoms with Crippen LogP contribution in [0.2, 0.25) is 0 Å². The molecule has 2 aromatic heterocycles. The largest absolute Gasteiger partial charge is 0.398 e. The molecule has 0 spiro atoms. The first-order valence-corrected chi connectivity index (χ1v) is 5.73. The van der Waals surface area contributed by atoms with Crippen LogP contribution in [0.5, 0.6) is 0 Å². The molecule has 0 radical (unpaired) electrons. The molecule has 0 aromatic carbocycles. The first-order chi connectivity index (χ1) is 6.16. The monoisotopic (exact) mass is 209 g/mol. The Morgan fingerprint density at radius 1 is 1.08 bits per heavy atom. The molecule has 2 rings (SSSR count). The third-order valence-corrected chi connectivity index (χ3v) is 4.10. The molecular formula is C10H11NS2. The minimum Gasteiger partial charge on any atom is -0.398 e. The maximum Gasteiger partial charge on any atom is 0.0674 e. The van der Waals surface area contributed by atoms with E-state index < -0.39 is 0 Å². The van der Waals surface area contributed by atoms with Crippen molar-refractivity contribution in [2.45, 2.75) is 13.8 Å². The van der Waals surface area contributed by atoms with Gasteiger partial charge in [0, 0.05) is 14.6 Å². The first-order valence-electron chi connectivity index (χ1n) is 4.09. The summed E-state index contributed by atoms with van der Waals surface area (Å²) in [5.74, 6) is 0. The maximum absolute atomic E-state index is 5.90. The van der Waals surface area contributed by atoms with E-state index in [2.05, 4.69) is 26.0 Å². The lowest BCUT2D eigenvalue weighted by Crippen LogP contribution is -1.80. The molecule has 0 aliphatic heterocycles. The van der Waals surface area contributed by atoms with E-state index in [1.807, 2.05) is 6.07 Å². The summed E-state index contributed by atoms with van der Waals surface area (Å²) in [6.45, 7) is 4.20. The van der Waals surface area contributed by atoms with Gasteiger partial charge in [-0.3, -0.25) is 0 Å². The normalized spacial score (nSPS) is 10.6. The van der Waals surface area contributed by atoms with Gasteiger partial charge < -0.3 is 5.73 Å². The molecule has 0 unspecified atom stereocenters. The first kappa shape index (κ1) is 8.78. The van der Waals surface area contributed by atoms with E-state index in [0.717, 1.165) is 5.69 Å². The number of nitrogens with two attached hydrogens (primary N) is 1. The Bertz CT molecular complexity index is 426. The predicted molar refractivity (Wildman–Crippen MR) is 61.5 cm³/mol. The van der Waals surface area contributed by atoms with Crippen molar-refractivity contribution in [3.63, 3.8) is 0 Å². The van der Waals surface area contributed by atoms with E-state index in [1.54, 1.807) is 22.7 Å². The standard InChI is InChI=1S/C10H11NS2/c1-6-3-4-9(12-6)10-8(11)5-7(2)13-10/h3-5H,11H2,1-2H3. The van der Waals surface area contributed by atoms with E-state index in [0.29, 0.717) is 0 Å². The van der Waals surface area contributed by atoms with Gasteiger partial charge >= 0.3 is 0 Å². The number of rotatable bonds is 1. The van der Waals surface area contributed by atoms with Gasteiger partial charge in [0.2, 0.25) is 0 Å². The summed E-state index contributed by atoms with van der Waals surface area (Å²) in [7, 11) is 0. The van der Waals surface area contributed by atoms with E-state index in [-0.39, 0.29) is 0 Å². The van der Waals surface area contributed by atoms with Crippen LogP contribution in [0.15, 0.2) is 18.2 Å². The van der Waals surface area contributed by atoms with Crippen molar-refractivity contribution in [3.8, 4) is 9.75 Å². The van der Waals surface area contributed by atoms with Gasteiger partial charge in [0.05, 0.1) is 10.6 Å². The fraction of sp³-hybridized carbons (Fsp3) is 0.200. The van der Waals surface area contributed by atoms with Crippen LogP contribution < -0.4 is 5.73 Å². The summed E-state index contributed by atoms with van der Waals surface area (Å²) in [6.07, 6.45) is 0. The smallest absolute Gasteiger partial charge is 0.0674 e. The molecule has 0 fully saturated rings. The lowest BCUT2D eigenvalue weighted by atomic mass is 10.3. The third-order valence-electron chi connectivity index (χ3n) is 1.85. The summed E-state index contributed by atoms with van der Waals surface area (Å²) in [4.78, 5) is 5.11. The van der Waals surface area contributed by atoms with Crippen molar-refractivity contribution in [1.82, 2.24) is 0 Å². The van der Waals surface area contributed by atoms with Crippen molar-refractivity contribution >= 4 is 28.4 Å². The van der Waals surface area contributed by atoms with Crippen molar-refractivity contribution in [1.29, 1.82) is 0 Å². The summed E-state index contributed by atoms with van der Waals surface area (Å²) in [5.41, 5.74) is 6.81. The highest BCUT2D eigenvalue weighted by atomic mass is 32.1. The second-order valence-electron chi connectivity index (χ2n) is 3.05. The van der Waals surface area contributed by atoms with Gasteiger partial charge in [0.1, 0.15) is 0 Å². The minimum atomic E-state index is 0.907. The van der Waals surface area contributed by atoms with Crippen LogP contribution >= 0.6 is 22.7 Å². The number of anilines is 1. The van der Waals surface area contributed by atoms with Gasteiger partial charge in [-0.25, -0.2) is 0 Å². The van der Waals surface area contributed by atoms with E-state index >= 15 is 0 Å². The summed E-state index contributed by atoms with van der Waals surface area (Å²) < 4.78 is 0. The Morgan fingerprint density at radius 3 is 2.31 bits per heavy atom. The van der Waals surface area contributed by atoms with Crippen molar-refractivity contribution in [2.75, 3.05) is 5.73 Å². The van der Waals surface area contributed by atoms with Gasteiger partial charge in [-0.15, -0.1) is 22.7 Å². The maximum atomic E-state index is 5.90. The molecule has 1 nitrogen and oxygen atoms in total. The third kappa shape index (κ3) is 1.62. The van der Waals surface area contributed by atoms with E-state index in [9.17, 15) is 0 Å². The molecule has 0 aliphatic carbocycles. The highest BCUT2D eigenvalue weighted by molar-refractivity contribution is 7.22. The Morgan fingerprint density at radius 2 is 1.85 bits per heavy atom. The highest BCUT2D eigenvalue weighted by Crippen LogP contribution is 2.38. The van der Waals surface area contributed by atoms with Crippen LogP contribution in [0, 0.1) is 13.8 Å². The molecule has 0 amide bonds. The Balaban J connectivity index is 2.51. The molecular weight excluding hydrogens is 198 g/mol. The second-order valence-corrected chi connectivity index (χ2v) is 5.60. The Labute approximate surface area is 85.8 Å². The van der Waals surface area contributed by atoms with E-state index in [4.69, 9.17) is 5.73 Å². The van der Waals surface area contributed by atoms with Crippen LogP contribution in [0.4, 0.5) is 5.69 Å². The Hall–Kier alpha value is -0.800. The Kier molecular flexibility index (Phi) is 2.14. The van der Waals surface area contributed by atoms with Gasteiger partial charge in [0.25, 0.3) is 0 Å². The number of nitrogen functional groups attached to an aromatic ring is 1. The molecule has 3 heteroatoms.